The fourth-order valence-corrected chi connectivity index (χ4v) is 5.23. The summed E-state index contributed by atoms with van der Waals surface area (Å²) in [7, 11) is -2.13. The van der Waals surface area contributed by atoms with Crippen molar-refractivity contribution in [1.82, 2.24) is 4.90 Å². The predicted molar refractivity (Wildman–Crippen MR) is 141 cm³/mol. The Morgan fingerprint density at radius 1 is 1.03 bits per heavy atom. The smallest absolute Gasteiger partial charge is 0.283 e. The molecule has 0 spiro atoms. The number of fused-ring (bicyclic) bond motifs is 1. The molecule has 194 valence electrons. The van der Waals surface area contributed by atoms with Crippen LogP contribution in [0.4, 0.5) is 0 Å². The quantitative estimate of drug-likeness (QED) is 0.286. The summed E-state index contributed by atoms with van der Waals surface area (Å²) in [6.07, 6.45) is 2.44. The number of nitrogens with zero attached hydrogens (tertiary/aromatic N) is 3. The molecule has 11 nitrogen and oxygen atoms in total. The highest BCUT2D eigenvalue weighted by Gasteiger charge is 2.41. The first kappa shape index (κ1) is 26.2. The minimum Gasteiger partial charge on any atom is -0.497 e. The van der Waals surface area contributed by atoms with E-state index < -0.39 is 15.7 Å². The number of amides is 1. The Bertz CT molecular complexity index is 1420. The molecule has 0 radical (unpaired) electrons. The average molecular weight is 545 g/mol. The van der Waals surface area contributed by atoms with Gasteiger partial charge in [-0.2, -0.15) is 9.39 Å². The topological polar surface area (TPSA) is 140 Å². The SMILES string of the molecule is CCOc1cc(/C=C2/C(=N)N3C(=NC2=O)SN=C3S(C)(=O)=O)ccc1OCCOc1ccc(OC)cc1. The molecule has 0 aliphatic carbocycles. The number of nitrogens with one attached hydrogen (secondary N) is 1. The maximum Gasteiger partial charge on any atom is 0.283 e. The van der Waals surface area contributed by atoms with Crippen molar-refractivity contribution < 1.29 is 32.2 Å². The molecule has 0 bridgehead atoms. The zero-order valence-electron chi connectivity index (χ0n) is 20.3. The first-order valence-corrected chi connectivity index (χ1v) is 13.7. The molecule has 0 fully saturated rings. The molecule has 2 aliphatic heterocycles. The van der Waals surface area contributed by atoms with Gasteiger partial charge in [0.15, 0.2) is 11.5 Å². The Kier molecular flexibility index (Phi) is 7.83. The highest BCUT2D eigenvalue weighted by Crippen LogP contribution is 2.32. The van der Waals surface area contributed by atoms with Gasteiger partial charge in [0.1, 0.15) is 30.5 Å². The second-order valence-electron chi connectivity index (χ2n) is 7.69. The molecule has 0 unspecified atom stereocenters. The average Bonchev–Trinajstić information content (AvgIpc) is 3.30. The summed E-state index contributed by atoms with van der Waals surface area (Å²) < 4.78 is 50.3. The third-order valence-electron chi connectivity index (χ3n) is 5.07. The van der Waals surface area contributed by atoms with E-state index in [-0.39, 0.29) is 28.4 Å². The number of ether oxygens (including phenoxy) is 4. The number of aliphatic imine (C=N–C) groups is 1. The fraction of sp³-hybridized carbons (Fsp3) is 0.250. The van der Waals surface area contributed by atoms with Crippen LogP contribution in [0.1, 0.15) is 12.5 Å². The molecule has 4 rings (SSSR count). The molecule has 1 amide bonds. The molecule has 2 heterocycles. The van der Waals surface area contributed by atoms with Gasteiger partial charge >= 0.3 is 0 Å². The summed E-state index contributed by atoms with van der Waals surface area (Å²) in [6, 6.07) is 12.3. The maximum absolute atomic E-state index is 12.6. The van der Waals surface area contributed by atoms with Gasteiger partial charge in [-0.25, -0.2) is 13.3 Å². The van der Waals surface area contributed by atoms with Crippen molar-refractivity contribution in [2.75, 3.05) is 33.2 Å². The molecule has 2 aromatic rings. The monoisotopic (exact) mass is 544 g/mol. The van der Waals surface area contributed by atoms with Crippen LogP contribution < -0.4 is 18.9 Å². The van der Waals surface area contributed by atoms with Gasteiger partial charge in [0.2, 0.25) is 20.2 Å². The fourth-order valence-electron chi connectivity index (χ4n) is 3.39. The highest BCUT2D eigenvalue weighted by molar-refractivity contribution is 8.16. The molecule has 0 saturated carbocycles. The molecule has 2 aromatic carbocycles. The molecule has 0 saturated heterocycles. The van der Waals surface area contributed by atoms with Gasteiger partial charge in [0.05, 0.1) is 31.2 Å². The summed E-state index contributed by atoms with van der Waals surface area (Å²) in [5.74, 6) is 1.36. The van der Waals surface area contributed by atoms with Crippen molar-refractivity contribution in [3.05, 3.63) is 53.6 Å². The van der Waals surface area contributed by atoms with E-state index in [1.165, 1.54) is 6.08 Å². The summed E-state index contributed by atoms with van der Waals surface area (Å²) in [4.78, 5) is 17.6. The molecule has 2 aliphatic rings. The van der Waals surface area contributed by atoms with Crippen molar-refractivity contribution in [2.45, 2.75) is 6.92 Å². The Balaban J connectivity index is 1.48. The van der Waals surface area contributed by atoms with Gasteiger partial charge < -0.3 is 18.9 Å². The zero-order valence-corrected chi connectivity index (χ0v) is 21.9. The summed E-state index contributed by atoms with van der Waals surface area (Å²) >= 11 is 0.741. The van der Waals surface area contributed by atoms with E-state index in [1.807, 2.05) is 6.92 Å². The third kappa shape index (κ3) is 5.94. The number of amidine groups is 3. The number of benzene rings is 2. The van der Waals surface area contributed by atoms with E-state index in [2.05, 4.69) is 9.39 Å². The number of sulfone groups is 1. The lowest BCUT2D eigenvalue weighted by Crippen LogP contribution is -2.45. The van der Waals surface area contributed by atoms with Crippen molar-refractivity contribution >= 4 is 49.9 Å². The number of rotatable bonds is 9. The van der Waals surface area contributed by atoms with Gasteiger partial charge in [-0.05, 0) is 55.0 Å². The van der Waals surface area contributed by atoms with E-state index >= 15 is 0 Å². The number of hydrogen-bond acceptors (Lipinski definition) is 10. The zero-order chi connectivity index (χ0) is 26.6. The summed E-state index contributed by atoms with van der Waals surface area (Å²) in [6.45, 7) is 2.76. The van der Waals surface area contributed by atoms with Gasteiger partial charge in [0.25, 0.3) is 5.91 Å². The minimum atomic E-state index is -3.73. The van der Waals surface area contributed by atoms with E-state index in [0.717, 1.165) is 28.9 Å². The Morgan fingerprint density at radius 2 is 1.73 bits per heavy atom. The van der Waals surface area contributed by atoms with Crippen LogP contribution in [0.3, 0.4) is 0 Å². The lowest BCUT2D eigenvalue weighted by molar-refractivity contribution is -0.114. The largest absolute Gasteiger partial charge is 0.497 e. The van der Waals surface area contributed by atoms with Crippen molar-refractivity contribution in [3.63, 3.8) is 0 Å². The van der Waals surface area contributed by atoms with E-state index in [1.54, 1.807) is 49.6 Å². The third-order valence-corrected chi connectivity index (χ3v) is 6.83. The maximum atomic E-state index is 12.6. The van der Waals surface area contributed by atoms with Crippen LogP contribution in [0.5, 0.6) is 23.0 Å². The lowest BCUT2D eigenvalue weighted by Gasteiger charge is -2.23. The highest BCUT2D eigenvalue weighted by atomic mass is 32.2. The van der Waals surface area contributed by atoms with Gasteiger partial charge in [-0.3, -0.25) is 10.2 Å². The van der Waals surface area contributed by atoms with Crippen molar-refractivity contribution in [1.29, 1.82) is 5.41 Å². The molecular weight excluding hydrogens is 520 g/mol. The van der Waals surface area contributed by atoms with Crippen LogP contribution in [0, 0.1) is 5.41 Å². The van der Waals surface area contributed by atoms with Gasteiger partial charge in [0, 0.05) is 6.26 Å². The predicted octanol–water partition coefficient (Wildman–Crippen LogP) is 3.17. The lowest BCUT2D eigenvalue weighted by atomic mass is 10.1. The van der Waals surface area contributed by atoms with Crippen LogP contribution in [0.2, 0.25) is 0 Å². The molecule has 0 atom stereocenters. The molecular formula is C24H24N4O7S2. The standard InChI is InChI=1S/C24H24N4O7S2/c1-4-33-20-14-15(5-10-19(20)35-12-11-34-17-8-6-16(32-2)7-9-17)13-18-21(25)28-23(26-22(18)29)36-27-24(28)37(3,30)31/h5-10,13-14,25H,4,11-12H2,1-3H3/b18-13-,25-21?. The minimum absolute atomic E-state index is 0.0307. The molecule has 0 aromatic heterocycles. The van der Waals surface area contributed by atoms with Crippen LogP contribution in [-0.2, 0) is 14.6 Å². The van der Waals surface area contributed by atoms with Crippen LogP contribution in [0.25, 0.3) is 6.08 Å². The van der Waals surface area contributed by atoms with Crippen molar-refractivity contribution in [3.8, 4) is 23.0 Å². The number of carbonyl (C=O) groups is 1. The molecule has 1 N–H and O–H groups in total. The first-order valence-electron chi connectivity index (χ1n) is 11.1. The van der Waals surface area contributed by atoms with Crippen LogP contribution in [-0.4, -0.2) is 68.6 Å². The Labute approximate surface area is 218 Å². The number of methoxy groups -OCH3 is 1. The Hall–Kier alpha value is -3.84. The van der Waals surface area contributed by atoms with Crippen molar-refractivity contribution in [2.24, 2.45) is 9.39 Å². The number of carbonyl (C=O) groups excluding carboxylic acids is 1. The van der Waals surface area contributed by atoms with Gasteiger partial charge in [-0.15, -0.1) is 0 Å². The number of hydrogen-bond donors (Lipinski definition) is 1. The second-order valence-corrected chi connectivity index (χ2v) is 10.3. The molecule has 13 heteroatoms. The van der Waals surface area contributed by atoms with E-state index in [4.69, 9.17) is 24.4 Å². The van der Waals surface area contributed by atoms with E-state index in [9.17, 15) is 13.2 Å². The Morgan fingerprint density at radius 3 is 2.41 bits per heavy atom. The first-order chi connectivity index (χ1) is 17.7. The molecule has 37 heavy (non-hydrogen) atoms. The normalized spacial score (nSPS) is 16.3. The second kappa shape index (κ2) is 11.0. The van der Waals surface area contributed by atoms with E-state index in [0.29, 0.717) is 36.0 Å². The van der Waals surface area contributed by atoms with Crippen LogP contribution >= 0.6 is 11.9 Å². The summed E-state index contributed by atoms with van der Waals surface area (Å²) in [5, 5.41) is 8.16. The van der Waals surface area contributed by atoms with Gasteiger partial charge in [-0.1, -0.05) is 6.07 Å². The van der Waals surface area contributed by atoms with Crippen LogP contribution in [0.15, 0.2) is 57.4 Å². The summed E-state index contributed by atoms with van der Waals surface area (Å²) in [5.41, 5.74) is 0.466.